The first-order valence-corrected chi connectivity index (χ1v) is 4.59. The molecule has 1 amide bonds. The number of nitrogens with two attached hydrogens (primary N) is 1. The van der Waals surface area contributed by atoms with Crippen molar-refractivity contribution in [1.29, 1.82) is 0 Å². The molecule has 4 nitrogen and oxygen atoms in total. The van der Waals surface area contributed by atoms with Gasteiger partial charge in [0.05, 0.1) is 0 Å². The maximum absolute atomic E-state index is 13.2. The van der Waals surface area contributed by atoms with Gasteiger partial charge in [-0.2, -0.15) is 0 Å². The van der Waals surface area contributed by atoms with Gasteiger partial charge in [0, 0.05) is 6.42 Å². The Morgan fingerprint density at radius 3 is 2.24 bits per heavy atom. The zero-order valence-corrected chi connectivity index (χ0v) is 8.61. The number of carbonyl (C=O) groups is 2. The van der Waals surface area contributed by atoms with Crippen LogP contribution < -0.4 is 5.73 Å². The van der Waals surface area contributed by atoms with Crippen LogP contribution in [0.25, 0.3) is 6.08 Å². The molecular weight excluding hydrogens is 232 g/mol. The maximum atomic E-state index is 13.2. The van der Waals surface area contributed by atoms with Gasteiger partial charge in [0.25, 0.3) is 0 Å². The molecule has 0 fully saturated rings. The highest BCUT2D eigenvalue weighted by molar-refractivity contribution is 5.88. The van der Waals surface area contributed by atoms with E-state index in [9.17, 15) is 18.4 Å². The molecule has 0 aliphatic heterocycles. The Kier molecular flexibility index (Phi) is 3.92. The van der Waals surface area contributed by atoms with E-state index in [0.29, 0.717) is 0 Å². The number of carbonyl (C=O) groups excluding carboxylic acids is 1. The Labute approximate surface area is 95.4 Å². The summed E-state index contributed by atoms with van der Waals surface area (Å²) in [4.78, 5) is 20.9. The standard InChI is InChI=1S/C11H9F2NO3/c12-7-4-6(2-1-3-9(14)15)5-8(13)10(7)11(16)17/h1-2,4-5H,3H2,(H2,14,15)(H,16,17). The Bertz CT molecular complexity index is 474. The quantitative estimate of drug-likeness (QED) is 0.839. The summed E-state index contributed by atoms with van der Waals surface area (Å²) < 4.78 is 26.4. The van der Waals surface area contributed by atoms with Gasteiger partial charge in [-0.05, 0) is 17.7 Å². The number of carboxylic acid groups (broad SMARTS) is 1. The highest BCUT2D eigenvalue weighted by Crippen LogP contribution is 2.16. The van der Waals surface area contributed by atoms with E-state index in [2.05, 4.69) is 0 Å². The van der Waals surface area contributed by atoms with Gasteiger partial charge in [-0.1, -0.05) is 12.2 Å². The van der Waals surface area contributed by atoms with Crippen LogP contribution in [0.15, 0.2) is 18.2 Å². The van der Waals surface area contributed by atoms with Crippen molar-refractivity contribution in [1.82, 2.24) is 0 Å². The average molecular weight is 241 g/mol. The molecule has 0 saturated carbocycles. The van der Waals surface area contributed by atoms with Gasteiger partial charge in [0.2, 0.25) is 5.91 Å². The monoisotopic (exact) mass is 241 g/mol. The van der Waals surface area contributed by atoms with E-state index in [1.807, 2.05) is 0 Å². The largest absolute Gasteiger partial charge is 0.477 e. The Balaban J connectivity index is 3.02. The predicted molar refractivity (Wildman–Crippen MR) is 56.2 cm³/mol. The lowest BCUT2D eigenvalue weighted by atomic mass is 10.1. The molecule has 0 aliphatic rings. The summed E-state index contributed by atoms with van der Waals surface area (Å²) in [6.45, 7) is 0. The smallest absolute Gasteiger partial charge is 0.341 e. The van der Waals surface area contributed by atoms with Crippen molar-refractivity contribution in [2.75, 3.05) is 0 Å². The summed E-state index contributed by atoms with van der Waals surface area (Å²) in [5.41, 5.74) is 3.98. The third-order valence-corrected chi connectivity index (χ3v) is 1.91. The molecule has 0 bridgehead atoms. The third kappa shape index (κ3) is 3.37. The zero-order valence-electron chi connectivity index (χ0n) is 8.61. The summed E-state index contributed by atoms with van der Waals surface area (Å²) in [7, 11) is 0. The second-order valence-corrected chi connectivity index (χ2v) is 3.24. The molecule has 1 aromatic rings. The van der Waals surface area contributed by atoms with E-state index >= 15 is 0 Å². The van der Waals surface area contributed by atoms with E-state index < -0.39 is 29.1 Å². The fourth-order valence-corrected chi connectivity index (χ4v) is 1.20. The molecule has 90 valence electrons. The van der Waals surface area contributed by atoms with Crippen molar-refractivity contribution in [3.8, 4) is 0 Å². The molecule has 0 saturated heterocycles. The molecule has 3 N–H and O–H groups in total. The van der Waals surface area contributed by atoms with Crippen LogP contribution in [-0.2, 0) is 4.79 Å². The number of benzene rings is 1. The Hall–Kier alpha value is -2.24. The minimum atomic E-state index is -1.67. The topological polar surface area (TPSA) is 80.4 Å². The fraction of sp³-hybridized carbons (Fsp3) is 0.0909. The first kappa shape index (κ1) is 12.8. The lowest BCUT2D eigenvalue weighted by Gasteiger charge is -2.01. The zero-order chi connectivity index (χ0) is 13.0. The number of carboxylic acids is 1. The van der Waals surface area contributed by atoms with Gasteiger partial charge >= 0.3 is 5.97 Å². The van der Waals surface area contributed by atoms with E-state index in [1.165, 1.54) is 12.2 Å². The van der Waals surface area contributed by atoms with Crippen molar-refractivity contribution in [3.63, 3.8) is 0 Å². The summed E-state index contributed by atoms with van der Waals surface area (Å²) in [6, 6.07) is 1.73. The lowest BCUT2D eigenvalue weighted by molar-refractivity contribution is -0.117. The van der Waals surface area contributed by atoms with Crippen LogP contribution in [0, 0.1) is 11.6 Å². The van der Waals surface area contributed by atoms with Crippen molar-refractivity contribution in [2.24, 2.45) is 5.73 Å². The lowest BCUT2D eigenvalue weighted by Crippen LogP contribution is -2.08. The van der Waals surface area contributed by atoms with Crippen LogP contribution in [-0.4, -0.2) is 17.0 Å². The molecule has 0 atom stereocenters. The van der Waals surface area contributed by atoms with Gasteiger partial charge in [0.1, 0.15) is 17.2 Å². The number of primary amides is 1. The van der Waals surface area contributed by atoms with Crippen LogP contribution >= 0.6 is 0 Å². The molecular formula is C11H9F2NO3. The minimum Gasteiger partial charge on any atom is -0.477 e. The van der Waals surface area contributed by atoms with E-state index in [1.54, 1.807) is 0 Å². The number of amides is 1. The highest BCUT2D eigenvalue weighted by Gasteiger charge is 2.16. The molecule has 17 heavy (non-hydrogen) atoms. The van der Waals surface area contributed by atoms with Crippen LogP contribution in [0.1, 0.15) is 22.3 Å². The number of rotatable bonds is 4. The van der Waals surface area contributed by atoms with Gasteiger partial charge in [-0.25, -0.2) is 13.6 Å². The molecule has 0 aromatic heterocycles. The number of halogens is 2. The highest BCUT2D eigenvalue weighted by atomic mass is 19.1. The minimum absolute atomic E-state index is 0.0656. The summed E-state index contributed by atoms with van der Waals surface area (Å²) in [6.07, 6.45) is 2.55. The van der Waals surface area contributed by atoms with E-state index in [-0.39, 0.29) is 12.0 Å². The first-order valence-electron chi connectivity index (χ1n) is 4.59. The van der Waals surface area contributed by atoms with Crippen LogP contribution in [0.3, 0.4) is 0 Å². The number of hydrogen-bond donors (Lipinski definition) is 2. The van der Waals surface area contributed by atoms with E-state index in [4.69, 9.17) is 10.8 Å². The first-order chi connectivity index (χ1) is 7.91. The third-order valence-electron chi connectivity index (χ3n) is 1.91. The molecule has 0 heterocycles. The molecule has 0 spiro atoms. The molecule has 0 aliphatic carbocycles. The number of hydrogen-bond acceptors (Lipinski definition) is 2. The van der Waals surface area contributed by atoms with Gasteiger partial charge in [-0.3, -0.25) is 4.79 Å². The Morgan fingerprint density at radius 2 is 1.82 bits per heavy atom. The van der Waals surface area contributed by atoms with Gasteiger partial charge < -0.3 is 10.8 Å². The van der Waals surface area contributed by atoms with Crippen molar-refractivity contribution < 1.29 is 23.5 Å². The Morgan fingerprint density at radius 1 is 1.29 bits per heavy atom. The van der Waals surface area contributed by atoms with Gasteiger partial charge in [-0.15, -0.1) is 0 Å². The van der Waals surface area contributed by atoms with Crippen LogP contribution in [0.4, 0.5) is 8.78 Å². The van der Waals surface area contributed by atoms with Crippen molar-refractivity contribution >= 4 is 18.0 Å². The van der Waals surface area contributed by atoms with Crippen molar-refractivity contribution in [3.05, 3.63) is 41.0 Å². The molecule has 0 radical (unpaired) electrons. The second kappa shape index (κ2) is 5.20. The van der Waals surface area contributed by atoms with E-state index in [0.717, 1.165) is 12.1 Å². The molecule has 1 rings (SSSR count). The molecule has 0 unspecified atom stereocenters. The van der Waals surface area contributed by atoms with Gasteiger partial charge in [0.15, 0.2) is 0 Å². The van der Waals surface area contributed by atoms with Crippen LogP contribution in [0.5, 0.6) is 0 Å². The summed E-state index contributed by atoms with van der Waals surface area (Å²) in [5, 5.41) is 8.53. The summed E-state index contributed by atoms with van der Waals surface area (Å²) >= 11 is 0. The maximum Gasteiger partial charge on any atom is 0.341 e. The number of aromatic carboxylic acids is 1. The van der Waals surface area contributed by atoms with Crippen LogP contribution in [0.2, 0.25) is 0 Å². The SMILES string of the molecule is NC(=O)CC=Cc1cc(F)c(C(=O)O)c(F)c1. The fourth-order valence-electron chi connectivity index (χ4n) is 1.20. The summed E-state index contributed by atoms with van der Waals surface area (Å²) in [5.74, 6) is -4.59. The second-order valence-electron chi connectivity index (χ2n) is 3.24. The average Bonchev–Trinajstić information content (AvgIpc) is 2.14. The predicted octanol–water partition coefficient (Wildman–Crippen LogP) is 1.55. The molecule has 1 aromatic carbocycles. The molecule has 6 heteroatoms. The normalized spacial score (nSPS) is 10.7. The van der Waals surface area contributed by atoms with Crippen molar-refractivity contribution in [2.45, 2.75) is 6.42 Å².